The van der Waals surface area contributed by atoms with Gasteiger partial charge in [-0.25, -0.2) is 0 Å². The van der Waals surface area contributed by atoms with E-state index in [0.717, 1.165) is 37.4 Å². The van der Waals surface area contributed by atoms with Gasteiger partial charge in [-0.1, -0.05) is 37.3 Å². The molecule has 142 valence electrons. The summed E-state index contributed by atoms with van der Waals surface area (Å²) in [7, 11) is 0. The lowest BCUT2D eigenvalue weighted by molar-refractivity contribution is -0.136. The molecule has 0 atom stereocenters. The molecule has 0 saturated carbocycles. The van der Waals surface area contributed by atoms with Crippen molar-refractivity contribution in [2.75, 3.05) is 32.7 Å². The van der Waals surface area contributed by atoms with Gasteiger partial charge >= 0.3 is 0 Å². The highest BCUT2D eigenvalue weighted by Crippen LogP contribution is 2.19. The maximum Gasteiger partial charge on any atom is 0.236 e. The van der Waals surface area contributed by atoms with Crippen LogP contribution in [0, 0.1) is 11.8 Å². The Labute approximate surface area is 156 Å². The SMILES string of the molecule is CC1CCN(CC(=O)N2CCC(C(=O)NCc3ccccc3)CC2)CC1. The molecule has 1 N–H and O–H groups in total. The topological polar surface area (TPSA) is 52.7 Å². The van der Waals surface area contributed by atoms with Crippen LogP contribution in [0.1, 0.15) is 38.2 Å². The van der Waals surface area contributed by atoms with Crippen molar-refractivity contribution in [2.24, 2.45) is 11.8 Å². The van der Waals surface area contributed by atoms with Gasteiger partial charge in [0, 0.05) is 25.6 Å². The van der Waals surface area contributed by atoms with Crippen molar-refractivity contribution in [3.63, 3.8) is 0 Å². The van der Waals surface area contributed by atoms with Gasteiger partial charge in [0.1, 0.15) is 0 Å². The molecule has 2 fully saturated rings. The van der Waals surface area contributed by atoms with Crippen LogP contribution in [0.25, 0.3) is 0 Å². The normalized spacial score (nSPS) is 20.1. The molecule has 2 saturated heterocycles. The molecule has 0 radical (unpaired) electrons. The van der Waals surface area contributed by atoms with Crippen molar-refractivity contribution >= 4 is 11.8 Å². The lowest BCUT2D eigenvalue weighted by Crippen LogP contribution is -2.47. The number of piperidine rings is 2. The highest BCUT2D eigenvalue weighted by molar-refractivity contribution is 5.80. The molecule has 5 nitrogen and oxygen atoms in total. The van der Waals surface area contributed by atoms with Gasteiger partial charge in [0.15, 0.2) is 0 Å². The summed E-state index contributed by atoms with van der Waals surface area (Å²) in [5.41, 5.74) is 1.12. The number of carbonyl (C=O) groups is 2. The zero-order chi connectivity index (χ0) is 18.4. The molecule has 0 aliphatic carbocycles. The van der Waals surface area contributed by atoms with Crippen LogP contribution in [0.15, 0.2) is 30.3 Å². The predicted octanol–water partition coefficient (Wildman–Crippen LogP) is 2.27. The summed E-state index contributed by atoms with van der Waals surface area (Å²) in [5.74, 6) is 1.15. The minimum absolute atomic E-state index is 0.0265. The Morgan fingerprint density at radius 2 is 1.65 bits per heavy atom. The van der Waals surface area contributed by atoms with Crippen LogP contribution >= 0.6 is 0 Å². The van der Waals surface area contributed by atoms with Crippen molar-refractivity contribution in [1.82, 2.24) is 15.1 Å². The molecule has 2 aliphatic rings. The van der Waals surface area contributed by atoms with Crippen LogP contribution in [-0.2, 0) is 16.1 Å². The molecule has 1 aromatic carbocycles. The van der Waals surface area contributed by atoms with Gasteiger partial charge in [0.05, 0.1) is 6.54 Å². The molecule has 3 rings (SSSR count). The number of rotatable bonds is 5. The lowest BCUT2D eigenvalue weighted by atomic mass is 9.95. The Morgan fingerprint density at radius 1 is 1.00 bits per heavy atom. The Bertz CT molecular complexity index is 589. The van der Waals surface area contributed by atoms with Crippen LogP contribution in [0.3, 0.4) is 0 Å². The zero-order valence-electron chi connectivity index (χ0n) is 15.8. The van der Waals surface area contributed by atoms with E-state index in [9.17, 15) is 9.59 Å². The minimum atomic E-state index is 0.0265. The summed E-state index contributed by atoms with van der Waals surface area (Å²) in [6.07, 6.45) is 3.92. The van der Waals surface area contributed by atoms with E-state index in [0.29, 0.717) is 26.2 Å². The maximum absolute atomic E-state index is 12.5. The fourth-order valence-electron chi connectivity index (χ4n) is 3.83. The fraction of sp³-hybridized carbons (Fsp3) is 0.619. The van der Waals surface area contributed by atoms with Gasteiger partial charge in [-0.05, 0) is 50.3 Å². The third-order valence-corrected chi connectivity index (χ3v) is 5.76. The zero-order valence-corrected chi connectivity index (χ0v) is 15.8. The van der Waals surface area contributed by atoms with E-state index in [1.165, 1.54) is 12.8 Å². The van der Waals surface area contributed by atoms with Gasteiger partial charge in [0.2, 0.25) is 11.8 Å². The molecular weight excluding hydrogens is 326 g/mol. The monoisotopic (exact) mass is 357 g/mol. The summed E-state index contributed by atoms with van der Waals surface area (Å²) in [6.45, 7) is 6.87. The Kier molecular flexibility index (Phi) is 6.67. The first-order valence-corrected chi connectivity index (χ1v) is 9.93. The second-order valence-electron chi connectivity index (χ2n) is 7.82. The van der Waals surface area contributed by atoms with Crippen molar-refractivity contribution in [3.8, 4) is 0 Å². The summed E-state index contributed by atoms with van der Waals surface area (Å²) < 4.78 is 0. The third kappa shape index (κ3) is 5.31. The standard InChI is InChI=1S/C21H31N3O2/c1-17-7-11-23(12-8-17)16-20(25)24-13-9-19(10-14-24)21(26)22-15-18-5-3-2-4-6-18/h2-6,17,19H,7-16H2,1H3,(H,22,26). The van der Waals surface area contributed by atoms with Crippen LogP contribution in [0.2, 0.25) is 0 Å². The van der Waals surface area contributed by atoms with Gasteiger partial charge in [0.25, 0.3) is 0 Å². The lowest BCUT2D eigenvalue weighted by Gasteiger charge is -2.35. The number of amides is 2. The second-order valence-corrected chi connectivity index (χ2v) is 7.82. The average molecular weight is 357 g/mol. The largest absolute Gasteiger partial charge is 0.352 e. The molecule has 2 heterocycles. The van der Waals surface area contributed by atoms with Gasteiger partial charge < -0.3 is 10.2 Å². The van der Waals surface area contributed by atoms with Gasteiger partial charge in [-0.2, -0.15) is 0 Å². The molecule has 2 amide bonds. The quantitative estimate of drug-likeness (QED) is 0.880. The van der Waals surface area contributed by atoms with Crippen LogP contribution in [-0.4, -0.2) is 54.3 Å². The number of benzene rings is 1. The van der Waals surface area contributed by atoms with E-state index in [1.807, 2.05) is 35.2 Å². The first-order chi connectivity index (χ1) is 12.6. The van der Waals surface area contributed by atoms with Crippen LogP contribution in [0.5, 0.6) is 0 Å². The maximum atomic E-state index is 12.5. The summed E-state index contributed by atoms with van der Waals surface area (Å²) in [6, 6.07) is 9.97. The second kappa shape index (κ2) is 9.17. The van der Waals surface area contributed by atoms with E-state index in [1.54, 1.807) is 0 Å². The number of nitrogens with zero attached hydrogens (tertiary/aromatic N) is 2. The predicted molar refractivity (Wildman–Crippen MR) is 102 cm³/mol. The summed E-state index contributed by atoms with van der Waals surface area (Å²) in [4.78, 5) is 29.1. The molecule has 1 aromatic rings. The third-order valence-electron chi connectivity index (χ3n) is 5.76. The molecule has 0 bridgehead atoms. The molecule has 0 unspecified atom stereocenters. The molecule has 0 spiro atoms. The van der Waals surface area contributed by atoms with Crippen molar-refractivity contribution < 1.29 is 9.59 Å². The van der Waals surface area contributed by atoms with Gasteiger partial charge in [-0.3, -0.25) is 14.5 Å². The van der Waals surface area contributed by atoms with E-state index in [2.05, 4.69) is 17.1 Å². The fourth-order valence-corrected chi connectivity index (χ4v) is 3.83. The van der Waals surface area contributed by atoms with Crippen LogP contribution < -0.4 is 5.32 Å². The average Bonchev–Trinajstić information content (AvgIpc) is 2.69. The van der Waals surface area contributed by atoms with Crippen LogP contribution in [0.4, 0.5) is 0 Å². The number of hydrogen-bond acceptors (Lipinski definition) is 3. The highest BCUT2D eigenvalue weighted by Gasteiger charge is 2.28. The smallest absolute Gasteiger partial charge is 0.236 e. The molecule has 0 aromatic heterocycles. The van der Waals surface area contributed by atoms with E-state index in [-0.39, 0.29) is 17.7 Å². The number of nitrogens with one attached hydrogen (secondary N) is 1. The molecule has 26 heavy (non-hydrogen) atoms. The van der Waals surface area contributed by atoms with E-state index < -0.39 is 0 Å². The summed E-state index contributed by atoms with van der Waals surface area (Å²) in [5, 5.41) is 3.03. The highest BCUT2D eigenvalue weighted by atomic mass is 16.2. The Hall–Kier alpha value is -1.88. The first-order valence-electron chi connectivity index (χ1n) is 9.93. The summed E-state index contributed by atoms with van der Waals surface area (Å²) >= 11 is 0. The van der Waals surface area contributed by atoms with Crippen molar-refractivity contribution in [2.45, 2.75) is 39.2 Å². The molecular formula is C21H31N3O2. The minimum Gasteiger partial charge on any atom is -0.352 e. The van der Waals surface area contributed by atoms with Crippen molar-refractivity contribution in [3.05, 3.63) is 35.9 Å². The molecule has 5 heteroatoms. The number of likely N-dealkylation sites (tertiary alicyclic amines) is 2. The Balaban J connectivity index is 1.38. The van der Waals surface area contributed by atoms with E-state index in [4.69, 9.17) is 0 Å². The molecule has 2 aliphatic heterocycles. The van der Waals surface area contributed by atoms with E-state index >= 15 is 0 Å². The first kappa shape index (κ1) is 18.9. The Morgan fingerprint density at radius 3 is 2.31 bits per heavy atom. The van der Waals surface area contributed by atoms with Gasteiger partial charge in [-0.15, -0.1) is 0 Å². The number of hydrogen-bond donors (Lipinski definition) is 1. The van der Waals surface area contributed by atoms with Crippen molar-refractivity contribution in [1.29, 1.82) is 0 Å². The number of carbonyl (C=O) groups excluding carboxylic acids is 2.